The van der Waals surface area contributed by atoms with Crippen molar-refractivity contribution in [3.63, 3.8) is 0 Å². The molecule has 7 nitrogen and oxygen atoms in total. The number of rotatable bonds is 11. The molecule has 2 aromatic carbocycles. The van der Waals surface area contributed by atoms with E-state index in [0.29, 0.717) is 29.4 Å². The summed E-state index contributed by atoms with van der Waals surface area (Å²) in [5.74, 6) is 0.992. The molecule has 174 valence electrons. The minimum Gasteiger partial charge on any atom is -0.493 e. The summed E-state index contributed by atoms with van der Waals surface area (Å²) in [4.78, 5) is 24.8. The smallest absolute Gasteiger partial charge is 0.291 e. The van der Waals surface area contributed by atoms with Crippen LogP contribution in [0.5, 0.6) is 11.5 Å². The van der Waals surface area contributed by atoms with Gasteiger partial charge in [0.05, 0.1) is 26.0 Å². The number of furan rings is 1. The van der Waals surface area contributed by atoms with E-state index in [1.54, 1.807) is 43.5 Å². The van der Waals surface area contributed by atoms with Crippen LogP contribution in [0, 0.1) is 0 Å². The number of hydrogen-bond acceptors (Lipinski definition) is 5. The lowest BCUT2D eigenvalue weighted by molar-refractivity contribution is 0.0939. The third kappa shape index (κ3) is 6.62. The van der Waals surface area contributed by atoms with Crippen molar-refractivity contribution in [1.82, 2.24) is 5.32 Å². The van der Waals surface area contributed by atoms with Gasteiger partial charge in [-0.1, -0.05) is 25.8 Å². The third-order valence-corrected chi connectivity index (χ3v) is 5.19. The fourth-order valence-electron chi connectivity index (χ4n) is 3.28. The predicted octanol–water partition coefficient (Wildman–Crippen LogP) is 5.60. The Morgan fingerprint density at radius 2 is 1.79 bits per heavy atom. The minimum atomic E-state index is -0.349. The first-order chi connectivity index (χ1) is 16.0. The van der Waals surface area contributed by atoms with Crippen molar-refractivity contribution < 1.29 is 23.5 Å². The number of nitrogens with one attached hydrogen (secondary N) is 2. The van der Waals surface area contributed by atoms with Gasteiger partial charge >= 0.3 is 0 Å². The molecule has 0 fully saturated rings. The lowest BCUT2D eigenvalue weighted by Crippen LogP contribution is -2.26. The Hall–Kier alpha value is -3.74. The summed E-state index contributed by atoms with van der Waals surface area (Å²) >= 11 is 0. The Morgan fingerprint density at radius 1 is 1.00 bits per heavy atom. The molecule has 0 aliphatic rings. The highest BCUT2D eigenvalue weighted by Crippen LogP contribution is 2.30. The summed E-state index contributed by atoms with van der Waals surface area (Å²) in [7, 11) is 1.60. The van der Waals surface area contributed by atoms with Gasteiger partial charge in [-0.3, -0.25) is 9.59 Å². The van der Waals surface area contributed by atoms with Crippen LogP contribution in [0.15, 0.2) is 65.3 Å². The molecule has 2 amide bonds. The first-order valence-corrected chi connectivity index (χ1v) is 11.1. The van der Waals surface area contributed by atoms with E-state index in [9.17, 15) is 9.59 Å². The number of anilines is 1. The lowest BCUT2D eigenvalue weighted by Gasteiger charge is -2.17. The van der Waals surface area contributed by atoms with Crippen molar-refractivity contribution >= 4 is 17.5 Å². The number of methoxy groups -OCH3 is 1. The lowest BCUT2D eigenvalue weighted by atomic mass is 10.1. The second-order valence-electron chi connectivity index (χ2n) is 7.67. The number of benzene rings is 2. The highest BCUT2D eigenvalue weighted by Gasteiger charge is 2.15. The molecule has 0 bridgehead atoms. The average Bonchev–Trinajstić information content (AvgIpc) is 3.37. The largest absolute Gasteiger partial charge is 0.493 e. The van der Waals surface area contributed by atoms with Crippen LogP contribution >= 0.6 is 0 Å². The minimum absolute atomic E-state index is 0.217. The van der Waals surface area contributed by atoms with Gasteiger partial charge in [0, 0.05) is 11.3 Å². The highest BCUT2D eigenvalue weighted by molar-refractivity contribution is 6.02. The molecule has 3 aromatic rings. The van der Waals surface area contributed by atoms with Crippen LogP contribution in [0.4, 0.5) is 5.69 Å². The van der Waals surface area contributed by atoms with Gasteiger partial charge in [0.2, 0.25) is 0 Å². The van der Waals surface area contributed by atoms with Crippen LogP contribution in [0.1, 0.15) is 65.6 Å². The van der Waals surface area contributed by atoms with Crippen LogP contribution in [-0.4, -0.2) is 25.5 Å². The topological polar surface area (TPSA) is 89.8 Å². The summed E-state index contributed by atoms with van der Waals surface area (Å²) in [6, 6.07) is 15.3. The van der Waals surface area contributed by atoms with Gasteiger partial charge in [-0.25, -0.2) is 0 Å². The second kappa shape index (κ2) is 11.8. The van der Waals surface area contributed by atoms with E-state index in [4.69, 9.17) is 13.9 Å². The van der Waals surface area contributed by atoms with Crippen molar-refractivity contribution in [1.29, 1.82) is 0 Å². The van der Waals surface area contributed by atoms with Crippen LogP contribution in [0.3, 0.4) is 0 Å². The zero-order valence-corrected chi connectivity index (χ0v) is 19.2. The SMILES string of the molecule is CCCCCOc1ccc(C(C)NC(=O)c2ccc(NC(=O)c3ccco3)cc2)cc1OC. The molecule has 0 radical (unpaired) electrons. The normalized spacial score (nSPS) is 11.5. The van der Waals surface area contributed by atoms with Crippen molar-refractivity contribution in [3.8, 4) is 11.5 Å². The predicted molar refractivity (Wildman–Crippen MR) is 127 cm³/mol. The fourth-order valence-corrected chi connectivity index (χ4v) is 3.28. The molecule has 1 heterocycles. The maximum absolute atomic E-state index is 12.7. The molecule has 3 rings (SSSR count). The zero-order chi connectivity index (χ0) is 23.6. The number of amides is 2. The van der Waals surface area contributed by atoms with E-state index < -0.39 is 0 Å². The van der Waals surface area contributed by atoms with Crippen molar-refractivity contribution in [2.45, 2.75) is 39.2 Å². The quantitative estimate of drug-likeness (QED) is 0.371. The van der Waals surface area contributed by atoms with Gasteiger partial charge in [-0.05, 0) is 67.4 Å². The number of hydrogen-bond donors (Lipinski definition) is 2. The zero-order valence-electron chi connectivity index (χ0n) is 19.2. The van der Waals surface area contributed by atoms with Gasteiger partial charge in [0.15, 0.2) is 17.3 Å². The molecule has 1 aromatic heterocycles. The highest BCUT2D eigenvalue weighted by atomic mass is 16.5. The Kier molecular flexibility index (Phi) is 8.52. The van der Waals surface area contributed by atoms with Gasteiger partial charge in [0.1, 0.15) is 0 Å². The maximum atomic E-state index is 12.7. The first kappa shape index (κ1) is 23.9. The average molecular weight is 451 g/mol. The van der Waals surface area contributed by atoms with Crippen molar-refractivity contribution in [2.75, 3.05) is 19.0 Å². The molecule has 33 heavy (non-hydrogen) atoms. The summed E-state index contributed by atoms with van der Waals surface area (Å²) < 4.78 is 16.4. The third-order valence-electron chi connectivity index (χ3n) is 5.19. The molecule has 0 aliphatic heterocycles. The fraction of sp³-hybridized carbons (Fsp3) is 0.308. The van der Waals surface area contributed by atoms with Crippen LogP contribution in [0.2, 0.25) is 0 Å². The van der Waals surface area contributed by atoms with Gasteiger partial charge in [-0.2, -0.15) is 0 Å². The summed E-state index contributed by atoms with van der Waals surface area (Å²) in [5.41, 5.74) is 1.96. The molecule has 0 saturated carbocycles. The van der Waals surface area contributed by atoms with Gasteiger partial charge in [0.25, 0.3) is 11.8 Å². The number of unbranched alkanes of at least 4 members (excludes halogenated alkanes) is 2. The summed E-state index contributed by atoms with van der Waals surface area (Å²) in [6.45, 7) is 4.71. The second-order valence-corrected chi connectivity index (χ2v) is 7.67. The molecular formula is C26H30N2O5. The first-order valence-electron chi connectivity index (χ1n) is 11.1. The van der Waals surface area contributed by atoms with E-state index in [0.717, 1.165) is 24.8 Å². The molecule has 7 heteroatoms. The van der Waals surface area contributed by atoms with Gasteiger partial charge in [-0.15, -0.1) is 0 Å². The summed E-state index contributed by atoms with van der Waals surface area (Å²) in [5, 5.41) is 5.71. The number of carbonyl (C=O) groups is 2. The monoisotopic (exact) mass is 450 g/mol. The summed E-state index contributed by atoms with van der Waals surface area (Å²) in [6.07, 6.45) is 4.70. The van der Waals surface area contributed by atoms with E-state index in [1.807, 2.05) is 25.1 Å². The molecule has 2 N–H and O–H groups in total. The molecule has 1 unspecified atom stereocenters. The maximum Gasteiger partial charge on any atom is 0.291 e. The molecule has 0 saturated heterocycles. The number of ether oxygens (including phenoxy) is 2. The standard InChI is InChI=1S/C26H30N2O5/c1-4-5-6-15-32-22-14-11-20(17-24(22)31-3)18(2)27-25(29)19-9-12-21(13-10-19)28-26(30)23-8-7-16-33-23/h7-14,16-18H,4-6,15H2,1-3H3,(H,27,29)(H,28,30). The molecule has 1 atom stereocenters. The number of carbonyl (C=O) groups excluding carboxylic acids is 2. The van der Waals surface area contributed by atoms with E-state index in [2.05, 4.69) is 17.6 Å². The van der Waals surface area contributed by atoms with E-state index in [-0.39, 0.29) is 23.6 Å². The Labute approximate surface area is 194 Å². The van der Waals surface area contributed by atoms with E-state index >= 15 is 0 Å². The Balaban J connectivity index is 1.58. The Morgan fingerprint density at radius 3 is 2.45 bits per heavy atom. The molecular weight excluding hydrogens is 420 g/mol. The van der Waals surface area contributed by atoms with Crippen molar-refractivity contribution in [2.24, 2.45) is 0 Å². The van der Waals surface area contributed by atoms with Crippen LogP contribution in [0.25, 0.3) is 0 Å². The van der Waals surface area contributed by atoms with Crippen LogP contribution in [-0.2, 0) is 0 Å². The van der Waals surface area contributed by atoms with Gasteiger partial charge < -0.3 is 24.5 Å². The van der Waals surface area contributed by atoms with Crippen LogP contribution < -0.4 is 20.1 Å². The molecule has 0 aliphatic carbocycles. The molecule has 0 spiro atoms. The van der Waals surface area contributed by atoms with Crippen molar-refractivity contribution in [3.05, 3.63) is 77.7 Å². The Bertz CT molecular complexity index is 1050. The van der Waals surface area contributed by atoms with E-state index in [1.165, 1.54) is 6.26 Å².